The Balaban J connectivity index is 1.23. The van der Waals surface area contributed by atoms with E-state index < -0.39 is 15.6 Å². The highest BCUT2D eigenvalue weighted by Gasteiger charge is 2.34. The minimum Gasteiger partial charge on any atom is -0.548 e. The minimum absolute atomic E-state index is 0.107. The molecule has 0 spiro atoms. The molecule has 6 rings (SSSR count). The maximum atomic E-state index is 15.3. The zero-order chi connectivity index (χ0) is 32.8. The maximum absolute atomic E-state index is 15.3. The lowest BCUT2D eigenvalue weighted by molar-refractivity contribution is 0.280. The molecule has 0 radical (unpaired) electrons. The third-order valence-corrected chi connectivity index (χ3v) is 9.91. The Morgan fingerprint density at radius 1 is 0.936 bits per heavy atom. The summed E-state index contributed by atoms with van der Waals surface area (Å²) in [7, 11) is 0.286. The van der Waals surface area contributed by atoms with Gasteiger partial charge in [-0.2, -0.15) is 0 Å². The molecule has 0 bridgehead atoms. The van der Waals surface area contributed by atoms with Crippen LogP contribution in [0, 0.1) is 5.82 Å². The van der Waals surface area contributed by atoms with Crippen molar-refractivity contribution in [2.45, 2.75) is 31.3 Å². The molecule has 0 aliphatic carbocycles. The van der Waals surface area contributed by atoms with E-state index in [2.05, 4.69) is 82.6 Å². The van der Waals surface area contributed by atoms with Crippen molar-refractivity contribution in [3.8, 4) is 17.2 Å². The van der Waals surface area contributed by atoms with Crippen molar-refractivity contribution in [2.75, 3.05) is 19.0 Å². The average Bonchev–Trinajstić information content (AvgIpc) is 3.60. The van der Waals surface area contributed by atoms with Gasteiger partial charge in [0.05, 0.1) is 36.2 Å². The summed E-state index contributed by atoms with van der Waals surface area (Å²) in [6, 6.07) is 27.3. The smallest absolute Gasteiger partial charge is 0.226 e. The lowest BCUT2D eigenvalue weighted by atomic mass is 9.82. The minimum atomic E-state index is -1.28. The third kappa shape index (κ3) is 7.39. The van der Waals surface area contributed by atoms with Gasteiger partial charge in [0.2, 0.25) is 9.76 Å². The summed E-state index contributed by atoms with van der Waals surface area (Å²) in [6.07, 6.45) is 6.73. The Bertz CT molecular complexity index is 1910. The fraction of sp³-hybridized carbons (Fsp3) is 0.194. The van der Waals surface area contributed by atoms with E-state index >= 15 is 4.39 Å². The van der Waals surface area contributed by atoms with Gasteiger partial charge in [-0.1, -0.05) is 86.1 Å². The number of nitrogens with one attached hydrogen (secondary N) is 1. The van der Waals surface area contributed by atoms with E-state index in [0.717, 1.165) is 0 Å². The number of methoxy groups -OCH3 is 1. The summed E-state index contributed by atoms with van der Waals surface area (Å²) in [4.78, 5) is 12.9. The molecule has 0 aliphatic heterocycles. The first kappa shape index (κ1) is 32.0. The van der Waals surface area contributed by atoms with Gasteiger partial charge in [-0.3, -0.25) is 0 Å². The van der Waals surface area contributed by atoms with Gasteiger partial charge in [-0.15, -0.1) is 0 Å². The van der Waals surface area contributed by atoms with Crippen molar-refractivity contribution in [3.05, 3.63) is 132 Å². The second kappa shape index (κ2) is 14.2. The first-order chi connectivity index (χ1) is 22.8. The van der Waals surface area contributed by atoms with Crippen LogP contribution in [0.3, 0.4) is 0 Å². The normalized spacial score (nSPS) is 11.8. The van der Waals surface area contributed by atoms with Crippen LogP contribution >= 0.6 is 11.6 Å². The third-order valence-electron chi connectivity index (χ3n) is 8.01. The van der Waals surface area contributed by atoms with Crippen LogP contribution in [0.25, 0.3) is 10.9 Å². The van der Waals surface area contributed by atoms with Crippen LogP contribution in [-0.4, -0.2) is 43.0 Å². The second-order valence-electron chi connectivity index (χ2n) is 11.8. The molecule has 1 N–H and O–H groups in total. The summed E-state index contributed by atoms with van der Waals surface area (Å²) >= 11 is 6.54. The van der Waals surface area contributed by atoms with Crippen LogP contribution in [0.15, 0.2) is 110 Å². The molecule has 0 fully saturated rings. The van der Waals surface area contributed by atoms with Crippen molar-refractivity contribution in [1.29, 1.82) is 0 Å². The molecule has 2 heterocycles. The SMILES string of the molecule is COc1cc2c(Nc3cc(O[SiH2]C(C)(C)C(c4ccccc4)c4ccccc4)c(Cl)cc3F)ncnc2cc1OCCn1ccnc1. The number of nitrogens with zero attached hydrogens (tertiary/aromatic N) is 4. The van der Waals surface area contributed by atoms with Crippen LogP contribution in [0.4, 0.5) is 15.9 Å². The largest absolute Gasteiger partial charge is 0.548 e. The summed E-state index contributed by atoms with van der Waals surface area (Å²) < 4.78 is 35.4. The molecule has 4 aromatic carbocycles. The van der Waals surface area contributed by atoms with Crippen molar-refractivity contribution in [3.63, 3.8) is 0 Å². The van der Waals surface area contributed by atoms with Gasteiger partial charge >= 0.3 is 0 Å². The highest BCUT2D eigenvalue weighted by molar-refractivity contribution is 6.36. The lowest BCUT2D eigenvalue weighted by Crippen LogP contribution is -2.27. The number of halogens is 2. The number of anilines is 2. The molecule has 0 amide bonds. The summed E-state index contributed by atoms with van der Waals surface area (Å²) in [5.41, 5.74) is 3.21. The molecule has 11 heteroatoms. The Morgan fingerprint density at radius 2 is 1.66 bits per heavy atom. The number of benzene rings is 4. The number of hydrogen-bond acceptors (Lipinski definition) is 7. The molecule has 0 saturated carbocycles. The molecule has 0 aliphatic rings. The maximum Gasteiger partial charge on any atom is 0.226 e. The number of imidazole rings is 1. The van der Waals surface area contributed by atoms with Crippen molar-refractivity contribution >= 4 is 43.8 Å². The van der Waals surface area contributed by atoms with E-state index in [4.69, 9.17) is 25.5 Å². The van der Waals surface area contributed by atoms with Gasteiger partial charge in [-0.25, -0.2) is 19.3 Å². The number of ether oxygens (including phenoxy) is 2. The van der Waals surface area contributed by atoms with Gasteiger partial charge in [0, 0.05) is 35.8 Å². The van der Waals surface area contributed by atoms with Crippen LogP contribution in [0.2, 0.25) is 10.1 Å². The molecule has 240 valence electrons. The van der Waals surface area contributed by atoms with Gasteiger partial charge in [0.1, 0.15) is 30.3 Å². The second-order valence-corrected chi connectivity index (χ2v) is 14.6. The number of fused-ring (bicyclic) bond motifs is 1. The van der Waals surface area contributed by atoms with E-state index in [-0.39, 0.29) is 21.7 Å². The van der Waals surface area contributed by atoms with Crippen LogP contribution in [-0.2, 0) is 6.54 Å². The molecule has 6 aromatic rings. The highest BCUT2D eigenvalue weighted by Crippen LogP contribution is 2.46. The van der Waals surface area contributed by atoms with E-state index in [1.807, 2.05) is 22.9 Å². The number of aromatic nitrogens is 4. The predicted molar refractivity (Wildman–Crippen MR) is 186 cm³/mol. The Kier molecular flexibility index (Phi) is 9.70. The van der Waals surface area contributed by atoms with E-state index in [1.165, 1.54) is 23.5 Å². The highest BCUT2D eigenvalue weighted by atomic mass is 35.5. The molecule has 0 saturated heterocycles. The molecule has 8 nitrogen and oxygen atoms in total. The molecular formula is C36H35ClFN5O3Si. The predicted octanol–water partition coefficient (Wildman–Crippen LogP) is 7.94. The fourth-order valence-corrected chi connectivity index (χ4v) is 7.41. The Hall–Kier alpha value is -4.93. The Labute approximate surface area is 280 Å². The summed E-state index contributed by atoms with van der Waals surface area (Å²) in [6.45, 7) is 5.47. The number of rotatable bonds is 13. The quantitative estimate of drug-likeness (QED) is 0.125. The number of hydrogen-bond donors (Lipinski definition) is 1. The van der Waals surface area contributed by atoms with Gasteiger partial charge in [-0.05, 0) is 28.3 Å². The monoisotopic (exact) mass is 667 g/mol. The lowest BCUT2D eigenvalue weighted by Gasteiger charge is -2.35. The van der Waals surface area contributed by atoms with Crippen LogP contribution in [0.1, 0.15) is 30.9 Å². The van der Waals surface area contributed by atoms with Gasteiger partial charge in [0.25, 0.3) is 0 Å². The van der Waals surface area contributed by atoms with Crippen molar-refractivity contribution in [2.24, 2.45) is 0 Å². The molecule has 0 atom stereocenters. The van der Waals surface area contributed by atoms with Crippen molar-refractivity contribution < 1.29 is 18.3 Å². The molecule has 2 aromatic heterocycles. The summed E-state index contributed by atoms with van der Waals surface area (Å²) in [5.74, 6) is 1.43. The fourth-order valence-electron chi connectivity index (χ4n) is 5.71. The van der Waals surface area contributed by atoms with E-state index in [0.29, 0.717) is 47.1 Å². The average molecular weight is 668 g/mol. The zero-order valence-corrected chi connectivity index (χ0v) is 28.5. The molecular weight excluding hydrogens is 633 g/mol. The van der Waals surface area contributed by atoms with E-state index in [9.17, 15) is 0 Å². The standard InChI is InChI=1S/C36H35ClFN5O3Si/c1-36(2,34(24-10-6-4-7-11-24)25-12-8-5-9-13-25)47-46-31-21-30(28(38)19-27(31)37)42-35-26-18-32(44-3)33(20-29(26)40-22-41-35)45-17-16-43-15-14-39-23-43/h4-15,18-23,34H,16-17,47H2,1-3H3,(H,40,41,42). The van der Waals surface area contributed by atoms with Crippen LogP contribution in [0.5, 0.6) is 17.2 Å². The van der Waals surface area contributed by atoms with E-state index in [1.54, 1.807) is 37.8 Å². The topological polar surface area (TPSA) is 83.3 Å². The van der Waals surface area contributed by atoms with Gasteiger partial charge < -0.3 is 23.8 Å². The first-order valence-electron chi connectivity index (χ1n) is 15.2. The van der Waals surface area contributed by atoms with Crippen LogP contribution < -0.4 is 19.2 Å². The van der Waals surface area contributed by atoms with Crippen molar-refractivity contribution in [1.82, 2.24) is 19.5 Å². The first-order valence-corrected chi connectivity index (χ1v) is 16.9. The molecule has 47 heavy (non-hydrogen) atoms. The van der Waals surface area contributed by atoms with Gasteiger partial charge in [0.15, 0.2) is 11.5 Å². The zero-order valence-electron chi connectivity index (χ0n) is 26.4. The molecule has 0 unspecified atom stereocenters. The Morgan fingerprint density at radius 3 is 2.32 bits per heavy atom. The summed E-state index contributed by atoms with van der Waals surface area (Å²) in [5, 5.41) is 3.75.